The highest BCUT2D eigenvalue weighted by atomic mass is 32.1. The molecule has 20 heavy (non-hydrogen) atoms. The van der Waals surface area contributed by atoms with Gasteiger partial charge in [0, 0.05) is 30.7 Å². The lowest BCUT2D eigenvalue weighted by Gasteiger charge is -2.22. The number of anilines is 1. The number of para-hydroxylation sites is 1. The Morgan fingerprint density at radius 3 is 3.00 bits per heavy atom. The van der Waals surface area contributed by atoms with E-state index < -0.39 is 0 Å². The van der Waals surface area contributed by atoms with Gasteiger partial charge >= 0.3 is 0 Å². The Balaban J connectivity index is 1.63. The van der Waals surface area contributed by atoms with E-state index in [4.69, 9.17) is 0 Å². The molecule has 2 heterocycles. The van der Waals surface area contributed by atoms with E-state index >= 15 is 0 Å². The predicted octanol–water partition coefficient (Wildman–Crippen LogP) is 2.93. The molecular weight excluding hydrogens is 266 g/mol. The van der Waals surface area contributed by atoms with Crippen molar-refractivity contribution in [1.29, 1.82) is 0 Å². The number of benzene rings is 1. The van der Waals surface area contributed by atoms with E-state index in [-0.39, 0.29) is 0 Å². The standard InChI is InChI=1S/C16H19N3S/c1-17-16(18-10-8-14-6-4-12-20-14)19-11-9-13-5-2-3-7-15(13)19/h2-7,12H,8-11H2,1H3,(H,17,18). The Hall–Kier alpha value is -1.81. The number of fused-ring (bicyclic) bond motifs is 1. The fourth-order valence-electron chi connectivity index (χ4n) is 2.61. The molecule has 3 nitrogen and oxygen atoms in total. The van der Waals surface area contributed by atoms with Gasteiger partial charge in [0.2, 0.25) is 0 Å². The first kappa shape index (κ1) is 13.2. The van der Waals surface area contributed by atoms with Crippen molar-refractivity contribution in [2.75, 3.05) is 25.0 Å². The van der Waals surface area contributed by atoms with Crippen LogP contribution in [0, 0.1) is 0 Å². The van der Waals surface area contributed by atoms with Crippen molar-refractivity contribution in [3.63, 3.8) is 0 Å². The summed E-state index contributed by atoms with van der Waals surface area (Å²) in [4.78, 5) is 8.12. The molecular formula is C16H19N3S. The van der Waals surface area contributed by atoms with Crippen LogP contribution in [-0.4, -0.2) is 26.1 Å². The van der Waals surface area contributed by atoms with Crippen LogP contribution in [0.3, 0.4) is 0 Å². The Labute approximate surface area is 124 Å². The minimum absolute atomic E-state index is 0.922. The highest BCUT2D eigenvalue weighted by Gasteiger charge is 2.21. The van der Waals surface area contributed by atoms with E-state index in [1.807, 2.05) is 18.4 Å². The molecule has 0 fully saturated rings. The molecule has 0 atom stereocenters. The van der Waals surface area contributed by atoms with Crippen LogP contribution < -0.4 is 10.2 Å². The number of guanidine groups is 1. The molecule has 0 aliphatic carbocycles. The summed E-state index contributed by atoms with van der Waals surface area (Å²) in [5.41, 5.74) is 2.70. The lowest BCUT2D eigenvalue weighted by Crippen LogP contribution is -2.41. The molecule has 104 valence electrons. The first-order valence-electron chi connectivity index (χ1n) is 6.97. The maximum absolute atomic E-state index is 4.42. The summed E-state index contributed by atoms with van der Waals surface area (Å²) in [6.45, 7) is 1.93. The molecule has 2 aromatic rings. The number of hydrogen-bond acceptors (Lipinski definition) is 2. The third kappa shape index (κ3) is 2.70. The molecule has 0 bridgehead atoms. The van der Waals surface area contributed by atoms with Gasteiger partial charge in [-0.15, -0.1) is 11.3 Å². The number of nitrogens with one attached hydrogen (secondary N) is 1. The van der Waals surface area contributed by atoms with Gasteiger partial charge in [-0.25, -0.2) is 0 Å². The molecule has 1 aromatic carbocycles. The van der Waals surface area contributed by atoms with Gasteiger partial charge in [0.25, 0.3) is 0 Å². The minimum Gasteiger partial charge on any atom is -0.356 e. The van der Waals surface area contributed by atoms with E-state index in [0.29, 0.717) is 0 Å². The lowest BCUT2D eigenvalue weighted by atomic mass is 10.2. The normalized spacial score (nSPS) is 14.4. The van der Waals surface area contributed by atoms with Crippen LogP contribution in [0.25, 0.3) is 0 Å². The summed E-state index contributed by atoms with van der Waals surface area (Å²) in [5.74, 6) is 0.978. The molecule has 0 saturated carbocycles. The summed E-state index contributed by atoms with van der Waals surface area (Å²) in [7, 11) is 1.86. The zero-order chi connectivity index (χ0) is 13.8. The largest absolute Gasteiger partial charge is 0.356 e. The maximum atomic E-state index is 4.42. The van der Waals surface area contributed by atoms with E-state index in [2.05, 4.69) is 57.0 Å². The molecule has 0 amide bonds. The molecule has 3 rings (SSSR count). The summed E-state index contributed by atoms with van der Waals surface area (Å²) in [5, 5.41) is 5.60. The second kappa shape index (κ2) is 6.09. The van der Waals surface area contributed by atoms with Crippen molar-refractivity contribution in [1.82, 2.24) is 5.32 Å². The molecule has 4 heteroatoms. The summed E-state index contributed by atoms with van der Waals surface area (Å²) in [6, 6.07) is 12.9. The van der Waals surface area contributed by atoms with E-state index in [0.717, 1.165) is 31.9 Å². The summed E-state index contributed by atoms with van der Waals surface area (Å²) in [6.07, 6.45) is 2.15. The number of thiophene rings is 1. The average molecular weight is 285 g/mol. The van der Waals surface area contributed by atoms with Gasteiger partial charge < -0.3 is 10.2 Å². The quantitative estimate of drug-likeness (QED) is 0.693. The first-order chi connectivity index (χ1) is 9.88. The molecule has 1 aliphatic rings. The molecule has 0 radical (unpaired) electrons. The van der Waals surface area contributed by atoms with Gasteiger partial charge in [-0.2, -0.15) is 0 Å². The Kier molecular flexibility index (Phi) is 4.02. The van der Waals surface area contributed by atoms with Crippen molar-refractivity contribution in [3.05, 3.63) is 52.2 Å². The van der Waals surface area contributed by atoms with Crippen LogP contribution in [0.5, 0.6) is 0 Å². The van der Waals surface area contributed by atoms with Gasteiger partial charge in [-0.05, 0) is 35.9 Å². The molecule has 1 aliphatic heterocycles. The van der Waals surface area contributed by atoms with Crippen LogP contribution >= 0.6 is 11.3 Å². The maximum Gasteiger partial charge on any atom is 0.198 e. The van der Waals surface area contributed by atoms with Crippen LogP contribution in [0.1, 0.15) is 10.4 Å². The zero-order valence-electron chi connectivity index (χ0n) is 11.7. The second-order valence-corrected chi connectivity index (χ2v) is 5.87. The first-order valence-corrected chi connectivity index (χ1v) is 7.85. The lowest BCUT2D eigenvalue weighted by molar-refractivity contribution is 0.845. The number of hydrogen-bond donors (Lipinski definition) is 1. The molecule has 0 unspecified atom stereocenters. The van der Waals surface area contributed by atoms with E-state index in [9.17, 15) is 0 Å². The van der Waals surface area contributed by atoms with E-state index in [1.54, 1.807) is 0 Å². The minimum atomic E-state index is 0.922. The zero-order valence-corrected chi connectivity index (χ0v) is 12.5. The second-order valence-electron chi connectivity index (χ2n) is 4.83. The van der Waals surface area contributed by atoms with Gasteiger partial charge in [0.15, 0.2) is 5.96 Å². The van der Waals surface area contributed by atoms with Crippen molar-refractivity contribution in [2.45, 2.75) is 12.8 Å². The number of nitrogens with zero attached hydrogens (tertiary/aromatic N) is 2. The third-order valence-corrected chi connectivity index (χ3v) is 4.53. The fraction of sp³-hybridized carbons (Fsp3) is 0.312. The highest BCUT2D eigenvalue weighted by molar-refractivity contribution is 7.09. The SMILES string of the molecule is CN=C(NCCc1cccs1)N1CCc2ccccc21. The van der Waals surface area contributed by atoms with Gasteiger partial charge in [-0.3, -0.25) is 4.99 Å². The van der Waals surface area contributed by atoms with Gasteiger partial charge in [0.05, 0.1) is 0 Å². The van der Waals surface area contributed by atoms with Crippen LogP contribution in [0.2, 0.25) is 0 Å². The van der Waals surface area contributed by atoms with E-state index in [1.165, 1.54) is 16.1 Å². The Bertz CT molecular complexity index is 590. The van der Waals surface area contributed by atoms with Crippen molar-refractivity contribution < 1.29 is 0 Å². The smallest absolute Gasteiger partial charge is 0.198 e. The average Bonchev–Trinajstić information content (AvgIpc) is 3.13. The molecule has 0 saturated heterocycles. The van der Waals surface area contributed by atoms with Crippen LogP contribution in [-0.2, 0) is 12.8 Å². The van der Waals surface area contributed by atoms with Crippen LogP contribution in [0.15, 0.2) is 46.8 Å². The fourth-order valence-corrected chi connectivity index (χ4v) is 3.31. The highest BCUT2D eigenvalue weighted by Crippen LogP contribution is 2.27. The molecule has 1 aromatic heterocycles. The third-order valence-electron chi connectivity index (χ3n) is 3.59. The van der Waals surface area contributed by atoms with Gasteiger partial charge in [0.1, 0.15) is 0 Å². The number of rotatable bonds is 3. The number of aliphatic imine (C=N–C) groups is 1. The summed E-state index contributed by atoms with van der Waals surface area (Å²) >= 11 is 1.81. The summed E-state index contributed by atoms with van der Waals surface area (Å²) < 4.78 is 0. The Morgan fingerprint density at radius 2 is 2.20 bits per heavy atom. The Morgan fingerprint density at radius 1 is 1.30 bits per heavy atom. The topological polar surface area (TPSA) is 27.6 Å². The monoisotopic (exact) mass is 285 g/mol. The van der Waals surface area contributed by atoms with Crippen LogP contribution in [0.4, 0.5) is 5.69 Å². The molecule has 0 spiro atoms. The molecule has 1 N–H and O–H groups in total. The predicted molar refractivity (Wildman–Crippen MR) is 86.9 cm³/mol. The van der Waals surface area contributed by atoms with Crippen molar-refractivity contribution in [2.24, 2.45) is 4.99 Å². The van der Waals surface area contributed by atoms with Crippen molar-refractivity contribution in [3.8, 4) is 0 Å². The van der Waals surface area contributed by atoms with Crippen molar-refractivity contribution >= 4 is 23.0 Å². The van der Waals surface area contributed by atoms with Gasteiger partial charge in [-0.1, -0.05) is 24.3 Å².